The maximum atomic E-state index is 13.5. The van der Waals surface area contributed by atoms with E-state index in [4.69, 9.17) is 33.2 Å². The Morgan fingerprint density at radius 1 is 0.796 bits per heavy atom. The van der Waals surface area contributed by atoms with E-state index in [2.05, 4.69) is 49.9 Å². The summed E-state index contributed by atoms with van der Waals surface area (Å²) in [6, 6.07) is 14.4. The molecule has 0 amide bonds. The van der Waals surface area contributed by atoms with Crippen LogP contribution < -0.4 is 0 Å². The molecule has 0 bridgehead atoms. The molecular weight excluding hydrogens is 686 g/mol. The number of carbonyl (C=O) groups is 2. The largest absolute Gasteiger partial charge is 0.492 e. The normalized spacial score (nSPS) is 18.9. The van der Waals surface area contributed by atoms with Crippen LogP contribution in [0.25, 0.3) is 5.57 Å². The molecule has 2 aromatic carbocycles. The highest BCUT2D eigenvalue weighted by molar-refractivity contribution is 6.18. The zero-order valence-corrected chi connectivity index (χ0v) is 33.9. The highest BCUT2D eigenvalue weighted by Crippen LogP contribution is 2.39. The Morgan fingerprint density at radius 2 is 1.39 bits per heavy atom. The minimum atomic E-state index is -0.470. The Bertz CT molecular complexity index is 1450. The van der Waals surface area contributed by atoms with E-state index in [-0.39, 0.29) is 36.7 Å². The molecule has 0 aromatic heterocycles. The van der Waals surface area contributed by atoms with Gasteiger partial charge < -0.3 is 38.1 Å². The lowest BCUT2D eigenvalue weighted by molar-refractivity contribution is -0.162. The maximum absolute atomic E-state index is 13.5. The fourth-order valence-electron chi connectivity index (χ4n) is 7.33. The van der Waals surface area contributed by atoms with Crippen molar-refractivity contribution in [2.45, 2.75) is 111 Å². The summed E-state index contributed by atoms with van der Waals surface area (Å²) in [5, 5.41) is 0. The lowest BCUT2D eigenvalue weighted by Crippen LogP contribution is -2.40. The number of esters is 2. The van der Waals surface area contributed by atoms with Crippen LogP contribution in [0, 0.1) is 26.7 Å². The predicted molar refractivity (Wildman–Crippen MR) is 210 cm³/mol. The summed E-state index contributed by atoms with van der Waals surface area (Å²) >= 11 is 0. The average Bonchev–Trinajstić information content (AvgIpc) is 3.15. The lowest BCUT2D eigenvalue weighted by Gasteiger charge is -2.36. The van der Waals surface area contributed by atoms with Crippen LogP contribution in [-0.2, 0) is 49.4 Å². The van der Waals surface area contributed by atoms with Gasteiger partial charge in [-0.3, -0.25) is 0 Å². The smallest absolute Gasteiger partial charge is 0.341 e. The summed E-state index contributed by atoms with van der Waals surface area (Å²) in [5.74, 6) is 0.122. The molecule has 2 aromatic rings. The number of rotatable bonds is 21. The molecule has 2 fully saturated rings. The lowest BCUT2D eigenvalue weighted by atomic mass is 9.82. The quantitative estimate of drug-likeness (QED) is 0.0551. The highest BCUT2D eigenvalue weighted by atomic mass is 16.6. The number of benzene rings is 2. The number of ether oxygens (including phenoxy) is 7. The van der Waals surface area contributed by atoms with Crippen molar-refractivity contribution >= 4 is 17.5 Å². The molecule has 2 aliphatic rings. The van der Waals surface area contributed by atoms with Gasteiger partial charge in [0.15, 0.2) is 0 Å². The summed E-state index contributed by atoms with van der Waals surface area (Å²) < 4.78 is 40.8. The van der Waals surface area contributed by atoms with E-state index in [9.17, 15) is 9.59 Å². The third-order valence-corrected chi connectivity index (χ3v) is 10.5. The molecule has 1 aliphatic carbocycles. The molecule has 0 N–H and O–H groups in total. The molecule has 0 atom stereocenters. The Morgan fingerprint density at radius 3 is 2.00 bits per heavy atom. The molecule has 1 saturated heterocycles. The molecule has 0 spiro atoms. The molecule has 300 valence electrons. The van der Waals surface area contributed by atoms with Gasteiger partial charge in [0.1, 0.15) is 30.1 Å². The minimum Gasteiger partial charge on any atom is -0.492 e. The van der Waals surface area contributed by atoms with Crippen molar-refractivity contribution in [1.82, 2.24) is 4.90 Å². The summed E-state index contributed by atoms with van der Waals surface area (Å²) in [7, 11) is 1.45. The molecular formula is C44H65NO9. The van der Waals surface area contributed by atoms with Gasteiger partial charge in [-0.25, -0.2) is 9.59 Å². The zero-order chi connectivity index (χ0) is 38.9. The Labute approximate surface area is 323 Å². The molecule has 0 unspecified atom stereocenters. The van der Waals surface area contributed by atoms with Gasteiger partial charge in [0, 0.05) is 25.6 Å². The van der Waals surface area contributed by atoms with E-state index < -0.39 is 5.60 Å². The predicted octanol–water partition coefficient (Wildman–Crippen LogP) is 7.53. The first kappa shape index (κ1) is 43.4. The number of hydrogen-bond acceptors (Lipinski definition) is 10. The Hall–Kier alpha value is -3.28. The van der Waals surface area contributed by atoms with Crippen molar-refractivity contribution in [2.24, 2.45) is 5.92 Å². The number of nitrogens with zero attached hydrogens (tertiary/aromatic N) is 1. The van der Waals surface area contributed by atoms with Crippen molar-refractivity contribution in [1.29, 1.82) is 0 Å². The summed E-state index contributed by atoms with van der Waals surface area (Å²) in [4.78, 5) is 27.8. The second-order valence-corrected chi connectivity index (χ2v) is 15.3. The number of likely N-dealkylation sites (tertiary alicyclic amines) is 1. The number of methoxy groups -OCH3 is 1. The van der Waals surface area contributed by atoms with Gasteiger partial charge in [0.05, 0.1) is 52.4 Å². The van der Waals surface area contributed by atoms with Crippen molar-refractivity contribution in [3.8, 4) is 0 Å². The molecule has 4 rings (SSSR count). The molecule has 1 saturated carbocycles. The Balaban J connectivity index is 1.18. The molecule has 0 radical (unpaired) electrons. The standard InChI is InChI=1S/C44H65NO9/c1-8-44(5,6)54-39(46)31-51-27-26-50-25-24-49-23-22-45-20-18-38(19-21-45)53-37-16-14-36(15-17-37)42(52-30-35-12-10-9-11-13-35)41(43(47)48-7)40-33(3)28-32(2)29-34(40)4/h9-13,28-29,36-38H,8,14-27,30-31H2,1-7H3/b42-41+. The summed E-state index contributed by atoms with van der Waals surface area (Å²) in [5.41, 5.74) is 5.31. The molecule has 1 heterocycles. The first-order valence-electron chi connectivity index (χ1n) is 19.9. The van der Waals surface area contributed by atoms with Crippen LogP contribution in [0.15, 0.2) is 48.2 Å². The fraction of sp³-hybridized carbons (Fsp3) is 0.636. The van der Waals surface area contributed by atoms with Crippen LogP contribution in [0.5, 0.6) is 0 Å². The van der Waals surface area contributed by atoms with Gasteiger partial charge in [-0.2, -0.15) is 0 Å². The number of aryl methyl sites for hydroxylation is 3. The van der Waals surface area contributed by atoms with Gasteiger partial charge in [0.25, 0.3) is 0 Å². The molecule has 10 nitrogen and oxygen atoms in total. The van der Waals surface area contributed by atoms with Crippen molar-refractivity contribution in [2.75, 3.05) is 66.4 Å². The van der Waals surface area contributed by atoms with E-state index >= 15 is 0 Å². The van der Waals surface area contributed by atoms with Crippen LogP contribution in [0.4, 0.5) is 0 Å². The third kappa shape index (κ3) is 14.1. The molecule has 1 aliphatic heterocycles. The van der Waals surface area contributed by atoms with Crippen molar-refractivity contribution in [3.63, 3.8) is 0 Å². The van der Waals surface area contributed by atoms with Gasteiger partial charge in [-0.05, 0) is 102 Å². The van der Waals surface area contributed by atoms with Crippen molar-refractivity contribution < 1.29 is 42.7 Å². The highest BCUT2D eigenvalue weighted by Gasteiger charge is 2.33. The zero-order valence-electron chi connectivity index (χ0n) is 33.9. The van der Waals surface area contributed by atoms with E-state index in [1.54, 1.807) is 0 Å². The van der Waals surface area contributed by atoms with E-state index in [0.717, 1.165) is 98.2 Å². The number of hydrogen-bond donors (Lipinski definition) is 0. The first-order valence-corrected chi connectivity index (χ1v) is 19.9. The minimum absolute atomic E-state index is 0.0661. The van der Waals surface area contributed by atoms with E-state index in [1.807, 2.05) is 39.0 Å². The van der Waals surface area contributed by atoms with Crippen LogP contribution in [0.1, 0.15) is 93.5 Å². The second kappa shape index (κ2) is 22.3. The number of carbonyl (C=O) groups excluding carboxylic acids is 2. The molecule has 54 heavy (non-hydrogen) atoms. The topological polar surface area (TPSA) is 102 Å². The van der Waals surface area contributed by atoms with Gasteiger partial charge in [0.2, 0.25) is 0 Å². The average molecular weight is 752 g/mol. The van der Waals surface area contributed by atoms with Crippen molar-refractivity contribution in [3.05, 3.63) is 76.0 Å². The monoisotopic (exact) mass is 751 g/mol. The second-order valence-electron chi connectivity index (χ2n) is 15.3. The van der Waals surface area contributed by atoms with Gasteiger partial charge in [-0.15, -0.1) is 0 Å². The maximum Gasteiger partial charge on any atom is 0.341 e. The summed E-state index contributed by atoms with van der Waals surface area (Å²) in [6.07, 6.45) is 6.86. The fourth-order valence-corrected chi connectivity index (χ4v) is 7.33. The van der Waals surface area contributed by atoms with Crippen LogP contribution in [0.2, 0.25) is 0 Å². The Kier molecular flexibility index (Phi) is 18.0. The third-order valence-electron chi connectivity index (χ3n) is 10.5. The van der Waals surface area contributed by atoms with Crippen LogP contribution in [-0.4, -0.2) is 101 Å². The van der Waals surface area contributed by atoms with E-state index in [1.165, 1.54) is 7.11 Å². The van der Waals surface area contributed by atoms with Crippen LogP contribution >= 0.6 is 0 Å². The number of allylic oxidation sites excluding steroid dienone is 1. The molecule has 10 heteroatoms. The van der Waals surface area contributed by atoms with Gasteiger partial charge >= 0.3 is 11.9 Å². The van der Waals surface area contributed by atoms with Crippen LogP contribution in [0.3, 0.4) is 0 Å². The van der Waals surface area contributed by atoms with E-state index in [0.29, 0.717) is 45.2 Å². The summed E-state index contributed by atoms with van der Waals surface area (Å²) in [6.45, 7) is 17.6. The first-order chi connectivity index (χ1) is 26.0. The SMILES string of the molecule is CCC(C)(C)OC(=O)COCCOCCOCCN1CCC(OC2CCC(/C(OCc3ccccc3)=C(\C(=O)OC)c3c(C)cc(C)cc3C)CC2)CC1. The van der Waals surface area contributed by atoms with Gasteiger partial charge in [-0.1, -0.05) is 55.0 Å². The number of piperidine rings is 1.